The number of rotatable bonds is 3. The fourth-order valence-corrected chi connectivity index (χ4v) is 0.822. The molecule has 0 aromatic carbocycles. The lowest BCUT2D eigenvalue weighted by Crippen LogP contribution is -2.21. The molecule has 0 saturated heterocycles. The van der Waals surface area contributed by atoms with Gasteiger partial charge in [-0.15, -0.1) is 0 Å². The zero-order chi connectivity index (χ0) is 8.27. The Hall–Kier alpha value is -1.36. The number of H-pyrrole nitrogens is 1. The summed E-state index contributed by atoms with van der Waals surface area (Å²) in [5, 5.41) is 14.8. The molecule has 0 aliphatic heterocycles. The van der Waals surface area contributed by atoms with Crippen LogP contribution in [0.15, 0.2) is 12.3 Å². The molecule has 1 aromatic heterocycles. The van der Waals surface area contributed by atoms with Gasteiger partial charge in [0, 0.05) is 12.7 Å². The molecule has 1 heterocycles. The van der Waals surface area contributed by atoms with Crippen molar-refractivity contribution in [2.75, 3.05) is 6.54 Å². The summed E-state index contributed by atoms with van der Waals surface area (Å²) >= 11 is 0. The highest BCUT2D eigenvalue weighted by molar-refractivity contribution is 5.75. The fraction of sp³-hybridized carbons (Fsp3) is 0.333. The van der Waals surface area contributed by atoms with Crippen molar-refractivity contribution >= 4 is 5.97 Å². The molecule has 11 heavy (non-hydrogen) atoms. The quantitative estimate of drug-likeness (QED) is 0.550. The molecular formula is C6H9N3O2. The van der Waals surface area contributed by atoms with E-state index in [2.05, 4.69) is 10.2 Å². The molecule has 1 unspecified atom stereocenters. The van der Waals surface area contributed by atoms with Crippen molar-refractivity contribution in [1.82, 2.24) is 10.2 Å². The van der Waals surface area contributed by atoms with Gasteiger partial charge in [-0.05, 0) is 6.07 Å². The predicted molar refractivity (Wildman–Crippen MR) is 38.0 cm³/mol. The molecule has 0 saturated carbocycles. The van der Waals surface area contributed by atoms with Gasteiger partial charge in [-0.1, -0.05) is 0 Å². The van der Waals surface area contributed by atoms with Gasteiger partial charge in [-0.3, -0.25) is 9.89 Å². The summed E-state index contributed by atoms with van der Waals surface area (Å²) in [5.74, 6) is -1.60. The molecule has 4 N–H and O–H groups in total. The van der Waals surface area contributed by atoms with Crippen molar-refractivity contribution in [1.29, 1.82) is 0 Å². The van der Waals surface area contributed by atoms with E-state index in [-0.39, 0.29) is 6.54 Å². The van der Waals surface area contributed by atoms with Crippen molar-refractivity contribution in [3.05, 3.63) is 18.0 Å². The second-order valence-corrected chi connectivity index (χ2v) is 2.14. The molecule has 0 spiro atoms. The number of nitrogens with one attached hydrogen (secondary N) is 1. The maximum absolute atomic E-state index is 10.5. The summed E-state index contributed by atoms with van der Waals surface area (Å²) < 4.78 is 0. The maximum atomic E-state index is 10.5. The molecule has 0 bridgehead atoms. The van der Waals surface area contributed by atoms with Crippen molar-refractivity contribution in [3.63, 3.8) is 0 Å². The SMILES string of the molecule is NCC(C(=O)O)c1ccn[nH]1. The monoisotopic (exact) mass is 155 g/mol. The number of carboxylic acid groups (broad SMARTS) is 1. The van der Waals surface area contributed by atoms with Gasteiger partial charge in [0.25, 0.3) is 0 Å². The molecule has 1 rings (SSSR count). The number of hydrogen-bond donors (Lipinski definition) is 3. The highest BCUT2D eigenvalue weighted by atomic mass is 16.4. The third-order valence-corrected chi connectivity index (χ3v) is 1.43. The van der Waals surface area contributed by atoms with Gasteiger partial charge < -0.3 is 10.8 Å². The Morgan fingerprint density at radius 3 is 3.00 bits per heavy atom. The van der Waals surface area contributed by atoms with Gasteiger partial charge >= 0.3 is 5.97 Å². The fourth-order valence-electron chi connectivity index (χ4n) is 0.822. The van der Waals surface area contributed by atoms with Crippen molar-refractivity contribution in [2.24, 2.45) is 5.73 Å². The van der Waals surface area contributed by atoms with Crippen LogP contribution in [0.4, 0.5) is 0 Å². The number of aliphatic carboxylic acids is 1. The molecule has 0 aliphatic carbocycles. The summed E-state index contributed by atoms with van der Waals surface area (Å²) in [6.45, 7) is 0.0809. The van der Waals surface area contributed by atoms with E-state index in [0.717, 1.165) is 0 Å². The van der Waals surface area contributed by atoms with Crippen LogP contribution >= 0.6 is 0 Å². The molecule has 0 fully saturated rings. The van der Waals surface area contributed by atoms with E-state index in [0.29, 0.717) is 5.69 Å². The average molecular weight is 155 g/mol. The van der Waals surface area contributed by atoms with Gasteiger partial charge in [0.2, 0.25) is 0 Å². The van der Waals surface area contributed by atoms with Crippen LogP contribution < -0.4 is 5.73 Å². The topological polar surface area (TPSA) is 92.0 Å². The van der Waals surface area contributed by atoms with Crippen molar-refractivity contribution < 1.29 is 9.90 Å². The Balaban J connectivity index is 2.79. The summed E-state index contributed by atoms with van der Waals surface area (Å²) in [6, 6.07) is 1.60. The highest BCUT2D eigenvalue weighted by Gasteiger charge is 2.18. The zero-order valence-electron chi connectivity index (χ0n) is 5.82. The lowest BCUT2D eigenvalue weighted by molar-refractivity contribution is -0.138. The van der Waals surface area contributed by atoms with E-state index >= 15 is 0 Å². The van der Waals surface area contributed by atoms with Crippen LogP contribution in [0, 0.1) is 0 Å². The number of nitrogens with zero attached hydrogens (tertiary/aromatic N) is 1. The standard InChI is InChI=1S/C6H9N3O2/c7-3-4(6(10)11)5-1-2-8-9-5/h1-2,4H,3,7H2,(H,8,9)(H,10,11). The third-order valence-electron chi connectivity index (χ3n) is 1.43. The smallest absolute Gasteiger partial charge is 0.313 e. The first-order valence-electron chi connectivity index (χ1n) is 3.18. The van der Waals surface area contributed by atoms with E-state index in [4.69, 9.17) is 10.8 Å². The highest BCUT2D eigenvalue weighted by Crippen LogP contribution is 2.09. The molecule has 0 amide bonds. The predicted octanol–water partition coefficient (Wildman–Crippen LogP) is -0.463. The Kier molecular flexibility index (Phi) is 2.22. The molecule has 1 atom stereocenters. The van der Waals surface area contributed by atoms with Crippen LogP contribution in [0.1, 0.15) is 11.6 Å². The Morgan fingerprint density at radius 1 is 1.91 bits per heavy atom. The van der Waals surface area contributed by atoms with Gasteiger partial charge in [0.1, 0.15) is 5.92 Å². The Morgan fingerprint density at radius 2 is 2.64 bits per heavy atom. The molecule has 0 radical (unpaired) electrons. The number of nitrogens with two attached hydrogens (primary N) is 1. The van der Waals surface area contributed by atoms with E-state index in [1.54, 1.807) is 6.07 Å². The van der Waals surface area contributed by atoms with Crippen LogP contribution in [0.25, 0.3) is 0 Å². The minimum Gasteiger partial charge on any atom is -0.481 e. The molecular weight excluding hydrogens is 146 g/mol. The van der Waals surface area contributed by atoms with E-state index in [1.807, 2.05) is 0 Å². The summed E-state index contributed by atoms with van der Waals surface area (Å²) in [4.78, 5) is 10.5. The second kappa shape index (κ2) is 3.16. The molecule has 1 aromatic rings. The minimum atomic E-state index is -0.934. The van der Waals surface area contributed by atoms with Crippen molar-refractivity contribution in [3.8, 4) is 0 Å². The first-order valence-corrected chi connectivity index (χ1v) is 3.18. The van der Waals surface area contributed by atoms with E-state index < -0.39 is 11.9 Å². The number of hydrogen-bond acceptors (Lipinski definition) is 3. The Bertz CT molecular complexity index is 232. The van der Waals surface area contributed by atoms with Crippen LogP contribution in [0.3, 0.4) is 0 Å². The average Bonchev–Trinajstić information content (AvgIpc) is 2.40. The summed E-state index contributed by atoms with van der Waals surface area (Å²) in [5.41, 5.74) is 5.78. The lowest BCUT2D eigenvalue weighted by Gasteiger charge is -2.04. The number of carboxylic acids is 1. The first kappa shape index (κ1) is 7.74. The summed E-state index contributed by atoms with van der Waals surface area (Å²) in [7, 11) is 0. The second-order valence-electron chi connectivity index (χ2n) is 2.14. The van der Waals surface area contributed by atoms with Crippen LogP contribution in [-0.4, -0.2) is 27.8 Å². The molecule has 0 aliphatic rings. The van der Waals surface area contributed by atoms with Gasteiger partial charge in [-0.2, -0.15) is 5.10 Å². The van der Waals surface area contributed by atoms with Gasteiger partial charge in [0.05, 0.1) is 5.69 Å². The summed E-state index contributed by atoms with van der Waals surface area (Å²) in [6.07, 6.45) is 1.50. The molecule has 5 nitrogen and oxygen atoms in total. The largest absolute Gasteiger partial charge is 0.481 e. The first-order chi connectivity index (χ1) is 5.25. The zero-order valence-corrected chi connectivity index (χ0v) is 5.82. The van der Waals surface area contributed by atoms with Crippen LogP contribution in [-0.2, 0) is 4.79 Å². The van der Waals surface area contributed by atoms with E-state index in [1.165, 1.54) is 6.20 Å². The van der Waals surface area contributed by atoms with E-state index in [9.17, 15) is 4.79 Å². The number of aromatic nitrogens is 2. The normalized spacial score (nSPS) is 12.8. The minimum absolute atomic E-state index is 0.0809. The van der Waals surface area contributed by atoms with Crippen molar-refractivity contribution in [2.45, 2.75) is 5.92 Å². The Labute approximate surface area is 63.2 Å². The third kappa shape index (κ3) is 1.56. The lowest BCUT2D eigenvalue weighted by atomic mass is 10.1. The molecule has 5 heteroatoms. The van der Waals surface area contributed by atoms with Gasteiger partial charge in [-0.25, -0.2) is 0 Å². The van der Waals surface area contributed by atoms with Crippen LogP contribution in [0.5, 0.6) is 0 Å². The molecule has 60 valence electrons. The number of carbonyl (C=O) groups is 1. The number of aromatic amines is 1. The maximum Gasteiger partial charge on any atom is 0.313 e. The van der Waals surface area contributed by atoms with Crippen LogP contribution in [0.2, 0.25) is 0 Å². The van der Waals surface area contributed by atoms with Gasteiger partial charge in [0.15, 0.2) is 0 Å².